The smallest absolute Gasteiger partial charge is 0.0944 e. The lowest BCUT2D eigenvalue weighted by Gasteiger charge is -2.03. The predicted molar refractivity (Wildman–Crippen MR) is 72.8 cm³/mol. The Kier molecular flexibility index (Phi) is 15.8. The Morgan fingerprint density at radius 2 is 1.12 bits per heavy atom. The summed E-state index contributed by atoms with van der Waals surface area (Å²) < 4.78 is 0. The molecule has 0 rings (SSSR count). The standard InChI is InChI=1S/C14H31NO2/c1-2-3-4-5-6-7-8-9-10-11-13-16-17-14-12-15/h2-15H2,1H3. The van der Waals surface area contributed by atoms with Crippen LogP contribution >= 0.6 is 0 Å². The Morgan fingerprint density at radius 1 is 0.647 bits per heavy atom. The summed E-state index contributed by atoms with van der Waals surface area (Å²) in [6.07, 6.45) is 13.4. The summed E-state index contributed by atoms with van der Waals surface area (Å²) in [5, 5.41) is 0. The van der Waals surface area contributed by atoms with Gasteiger partial charge in [0.25, 0.3) is 0 Å². The summed E-state index contributed by atoms with van der Waals surface area (Å²) in [6.45, 7) is 3.99. The quantitative estimate of drug-likeness (QED) is 0.287. The van der Waals surface area contributed by atoms with Gasteiger partial charge in [-0.2, -0.15) is 0 Å². The van der Waals surface area contributed by atoms with E-state index in [9.17, 15) is 0 Å². The van der Waals surface area contributed by atoms with Gasteiger partial charge in [0.2, 0.25) is 0 Å². The summed E-state index contributed by atoms with van der Waals surface area (Å²) in [6, 6.07) is 0. The molecule has 0 saturated carbocycles. The topological polar surface area (TPSA) is 44.5 Å². The van der Waals surface area contributed by atoms with Crippen LogP contribution in [0.2, 0.25) is 0 Å². The first-order chi connectivity index (χ1) is 8.41. The largest absolute Gasteiger partial charge is 0.328 e. The van der Waals surface area contributed by atoms with Gasteiger partial charge in [0.15, 0.2) is 0 Å². The van der Waals surface area contributed by atoms with Gasteiger partial charge >= 0.3 is 0 Å². The van der Waals surface area contributed by atoms with Crippen LogP contribution in [-0.4, -0.2) is 19.8 Å². The first-order valence-corrected chi connectivity index (χ1v) is 7.36. The highest BCUT2D eigenvalue weighted by atomic mass is 17.2. The van der Waals surface area contributed by atoms with Crippen molar-refractivity contribution >= 4 is 0 Å². The van der Waals surface area contributed by atoms with Crippen LogP contribution in [0.1, 0.15) is 71.1 Å². The van der Waals surface area contributed by atoms with E-state index in [2.05, 4.69) is 6.92 Å². The van der Waals surface area contributed by atoms with E-state index in [1.807, 2.05) is 0 Å². The number of rotatable bonds is 14. The molecule has 0 aromatic carbocycles. The van der Waals surface area contributed by atoms with Crippen LogP contribution in [-0.2, 0) is 9.78 Å². The average molecular weight is 245 g/mol. The second-order valence-electron chi connectivity index (χ2n) is 4.61. The molecule has 0 spiro atoms. The molecule has 0 fully saturated rings. The molecule has 0 aromatic rings. The van der Waals surface area contributed by atoms with E-state index in [-0.39, 0.29) is 0 Å². The zero-order valence-corrected chi connectivity index (χ0v) is 11.6. The molecule has 0 heterocycles. The highest BCUT2D eigenvalue weighted by Crippen LogP contribution is 2.10. The maximum Gasteiger partial charge on any atom is 0.0944 e. The minimum absolute atomic E-state index is 0.498. The first kappa shape index (κ1) is 16.9. The summed E-state index contributed by atoms with van der Waals surface area (Å²) in [5.74, 6) is 0. The lowest BCUT2D eigenvalue weighted by atomic mass is 10.1. The summed E-state index contributed by atoms with van der Waals surface area (Å²) in [4.78, 5) is 9.81. The molecule has 17 heavy (non-hydrogen) atoms. The Bertz CT molecular complexity index is 117. The molecule has 0 unspecified atom stereocenters. The molecule has 3 nitrogen and oxygen atoms in total. The molecule has 0 aliphatic rings. The molecule has 3 heteroatoms. The van der Waals surface area contributed by atoms with Crippen molar-refractivity contribution in [3.63, 3.8) is 0 Å². The Hall–Kier alpha value is -0.120. The van der Waals surface area contributed by atoms with Crippen LogP contribution in [0.25, 0.3) is 0 Å². The van der Waals surface area contributed by atoms with Crippen LogP contribution in [0.15, 0.2) is 0 Å². The highest BCUT2D eigenvalue weighted by molar-refractivity contribution is 4.46. The third kappa shape index (κ3) is 15.9. The van der Waals surface area contributed by atoms with Gasteiger partial charge in [-0.3, -0.25) is 0 Å². The van der Waals surface area contributed by atoms with Gasteiger partial charge < -0.3 is 5.73 Å². The van der Waals surface area contributed by atoms with Crippen molar-refractivity contribution in [2.24, 2.45) is 5.73 Å². The molecule has 104 valence electrons. The highest BCUT2D eigenvalue weighted by Gasteiger charge is 1.93. The Labute approximate surface area is 107 Å². The third-order valence-electron chi connectivity index (χ3n) is 2.87. The molecular formula is C14H31NO2. The zero-order valence-electron chi connectivity index (χ0n) is 11.6. The van der Waals surface area contributed by atoms with Crippen LogP contribution in [0.3, 0.4) is 0 Å². The van der Waals surface area contributed by atoms with E-state index in [1.165, 1.54) is 57.8 Å². The Morgan fingerprint density at radius 3 is 1.65 bits per heavy atom. The normalized spacial score (nSPS) is 10.9. The minimum Gasteiger partial charge on any atom is -0.328 e. The van der Waals surface area contributed by atoms with E-state index >= 15 is 0 Å². The van der Waals surface area contributed by atoms with Crippen molar-refractivity contribution in [1.29, 1.82) is 0 Å². The van der Waals surface area contributed by atoms with Gasteiger partial charge in [0.05, 0.1) is 13.2 Å². The molecule has 0 atom stereocenters. The van der Waals surface area contributed by atoms with Crippen molar-refractivity contribution in [2.75, 3.05) is 19.8 Å². The van der Waals surface area contributed by atoms with Crippen LogP contribution < -0.4 is 5.73 Å². The van der Waals surface area contributed by atoms with Gasteiger partial charge in [-0.1, -0.05) is 64.7 Å². The second-order valence-corrected chi connectivity index (χ2v) is 4.61. The van der Waals surface area contributed by atoms with Crippen molar-refractivity contribution in [3.8, 4) is 0 Å². The Balaban J connectivity index is 2.85. The fourth-order valence-electron chi connectivity index (χ4n) is 1.81. The second kappa shape index (κ2) is 15.9. The molecule has 0 aromatic heterocycles. The molecule has 0 radical (unpaired) electrons. The van der Waals surface area contributed by atoms with E-state index in [4.69, 9.17) is 15.5 Å². The number of unbranched alkanes of at least 4 members (excludes halogenated alkanes) is 9. The summed E-state index contributed by atoms with van der Waals surface area (Å²) in [7, 11) is 0. The van der Waals surface area contributed by atoms with Gasteiger partial charge in [0.1, 0.15) is 0 Å². The van der Waals surface area contributed by atoms with E-state index in [0.29, 0.717) is 19.8 Å². The van der Waals surface area contributed by atoms with Crippen molar-refractivity contribution < 1.29 is 9.78 Å². The van der Waals surface area contributed by atoms with Crippen molar-refractivity contribution in [1.82, 2.24) is 0 Å². The van der Waals surface area contributed by atoms with Crippen LogP contribution in [0.4, 0.5) is 0 Å². The van der Waals surface area contributed by atoms with E-state index in [1.54, 1.807) is 0 Å². The minimum atomic E-state index is 0.498. The summed E-state index contributed by atoms with van der Waals surface area (Å²) in [5.41, 5.74) is 5.26. The van der Waals surface area contributed by atoms with Gasteiger partial charge in [-0.25, -0.2) is 9.78 Å². The molecule has 0 bridgehead atoms. The van der Waals surface area contributed by atoms with E-state index < -0.39 is 0 Å². The monoisotopic (exact) mass is 245 g/mol. The SMILES string of the molecule is CCCCCCCCCCCCOOCCN. The molecule has 0 saturated heterocycles. The molecule has 0 aliphatic heterocycles. The van der Waals surface area contributed by atoms with Gasteiger partial charge in [-0.15, -0.1) is 0 Å². The lowest BCUT2D eigenvalue weighted by molar-refractivity contribution is -0.292. The number of hydrogen-bond donors (Lipinski definition) is 1. The molecular weight excluding hydrogens is 214 g/mol. The van der Waals surface area contributed by atoms with Crippen LogP contribution in [0, 0.1) is 0 Å². The van der Waals surface area contributed by atoms with Crippen molar-refractivity contribution in [2.45, 2.75) is 71.1 Å². The molecule has 0 aliphatic carbocycles. The van der Waals surface area contributed by atoms with Crippen LogP contribution in [0.5, 0.6) is 0 Å². The fraction of sp³-hybridized carbons (Fsp3) is 1.00. The summed E-state index contributed by atoms with van der Waals surface area (Å²) >= 11 is 0. The molecule has 0 amide bonds. The van der Waals surface area contributed by atoms with E-state index in [0.717, 1.165) is 6.42 Å². The fourth-order valence-corrected chi connectivity index (χ4v) is 1.81. The number of nitrogens with two attached hydrogens (primary N) is 1. The number of hydrogen-bond acceptors (Lipinski definition) is 3. The average Bonchev–Trinajstić information content (AvgIpc) is 2.35. The first-order valence-electron chi connectivity index (χ1n) is 7.36. The maximum atomic E-state index is 5.26. The van der Waals surface area contributed by atoms with Gasteiger partial charge in [0, 0.05) is 6.54 Å². The van der Waals surface area contributed by atoms with Gasteiger partial charge in [-0.05, 0) is 6.42 Å². The third-order valence-corrected chi connectivity index (χ3v) is 2.87. The predicted octanol–water partition coefficient (Wildman–Crippen LogP) is 3.81. The maximum absolute atomic E-state index is 5.26. The lowest BCUT2D eigenvalue weighted by Crippen LogP contribution is -2.09. The molecule has 2 N–H and O–H groups in total. The zero-order chi connectivity index (χ0) is 12.6. The van der Waals surface area contributed by atoms with Crippen molar-refractivity contribution in [3.05, 3.63) is 0 Å².